The predicted octanol–water partition coefficient (Wildman–Crippen LogP) is 9.70. The first-order valence-electron chi connectivity index (χ1n) is 11.1. The lowest BCUT2D eigenvalue weighted by Gasteiger charge is -2.46. The third-order valence-corrected chi connectivity index (χ3v) is 6.57. The molecule has 0 spiro atoms. The van der Waals surface area contributed by atoms with E-state index in [0.29, 0.717) is 0 Å². The van der Waals surface area contributed by atoms with Crippen molar-refractivity contribution in [3.05, 3.63) is 0 Å². The van der Waals surface area contributed by atoms with Gasteiger partial charge in [0.25, 0.3) is 0 Å². The Morgan fingerprint density at radius 1 is 0.353 bits per heavy atom. The van der Waals surface area contributed by atoms with E-state index in [-0.39, 0.29) is 0 Å². The molecule has 0 radical (unpaired) electrons. The van der Waals surface area contributed by atoms with Crippen molar-refractivity contribution in [2.45, 2.75) is 96.0 Å². The summed E-state index contributed by atoms with van der Waals surface area (Å²) in [6.07, 6.45) is -13.7. The van der Waals surface area contributed by atoms with E-state index in [1.165, 1.54) is 0 Å². The molecular formula is C17H8F29O4P. The van der Waals surface area contributed by atoms with Crippen LogP contribution in [0.3, 0.4) is 0 Å². The maximum Gasteiger partial charge on any atom is 0.469 e. The molecule has 0 saturated heterocycles. The fourth-order valence-electron chi connectivity index (χ4n) is 3.01. The van der Waals surface area contributed by atoms with Crippen LogP contribution in [0.5, 0.6) is 0 Å². The molecule has 0 bridgehead atoms. The second kappa shape index (κ2) is 12.6. The Bertz CT molecular complexity index is 1290. The normalized spacial score (nSPS) is 16.9. The minimum Gasteiger partial charge on any atom is -0.303 e. The summed E-state index contributed by atoms with van der Waals surface area (Å²) in [7, 11) is -5.75. The van der Waals surface area contributed by atoms with Crippen LogP contribution >= 0.6 is 7.82 Å². The van der Waals surface area contributed by atoms with Crippen LogP contribution in [0.15, 0.2) is 0 Å². The highest BCUT2D eigenvalue weighted by molar-refractivity contribution is 7.46. The van der Waals surface area contributed by atoms with E-state index in [0.717, 1.165) is 0 Å². The number of hydrogen-bond acceptors (Lipinski definition) is 2. The molecule has 0 aromatic heterocycles. The molecule has 0 aliphatic heterocycles. The van der Waals surface area contributed by atoms with Gasteiger partial charge in [-0.2, -0.15) is 127 Å². The number of hydrogen-bond donors (Lipinski definition) is 2. The Kier molecular flexibility index (Phi) is 12.1. The average molecular weight is 858 g/mol. The Balaban J connectivity index is 7.32. The van der Waals surface area contributed by atoms with Gasteiger partial charge in [0.1, 0.15) is 0 Å². The zero-order chi connectivity index (χ0) is 42.3. The standard InChI is InChI=1S/C17H8F29O4P/c18-4(19,2-1-3-50-51(47,48)49)5(20,21)6(22,23)7(24,25)8(26,27)9(28,29)10(30,31)11(32,33)12(34,35)13(36,37)14(38,39)15(40,41)16(42,43)17(44,45)46/h1-3H2,(H2,47,48,49). The first-order chi connectivity index (χ1) is 21.5. The van der Waals surface area contributed by atoms with Crippen LogP contribution in [0.4, 0.5) is 127 Å². The molecule has 0 amide bonds. The van der Waals surface area contributed by atoms with Crippen molar-refractivity contribution in [2.24, 2.45) is 0 Å². The number of rotatable bonds is 17. The van der Waals surface area contributed by atoms with E-state index in [1.54, 1.807) is 0 Å². The molecule has 0 heterocycles. The molecule has 0 aliphatic carbocycles. The Morgan fingerprint density at radius 3 is 0.745 bits per heavy atom. The van der Waals surface area contributed by atoms with Crippen LogP contribution < -0.4 is 0 Å². The van der Waals surface area contributed by atoms with Crippen molar-refractivity contribution in [2.75, 3.05) is 6.61 Å². The molecule has 0 aromatic rings. The zero-order valence-corrected chi connectivity index (χ0v) is 23.1. The molecule has 51 heavy (non-hydrogen) atoms. The summed E-state index contributed by atoms with van der Waals surface area (Å²) < 4.78 is 404. The number of alkyl halides is 29. The van der Waals surface area contributed by atoms with Gasteiger partial charge in [-0.15, -0.1) is 0 Å². The van der Waals surface area contributed by atoms with E-state index >= 15 is 0 Å². The lowest BCUT2D eigenvalue weighted by atomic mass is 9.83. The summed E-state index contributed by atoms with van der Waals surface area (Å²) in [5, 5.41) is 0. The topological polar surface area (TPSA) is 66.8 Å². The molecule has 0 rings (SSSR count). The summed E-state index contributed by atoms with van der Waals surface area (Å²) in [5.74, 6) is -121. The van der Waals surface area contributed by atoms with Gasteiger partial charge in [0.2, 0.25) is 0 Å². The lowest BCUT2D eigenvalue weighted by Crippen LogP contribution is -2.79. The fourth-order valence-corrected chi connectivity index (χ4v) is 3.38. The average Bonchev–Trinajstić information content (AvgIpc) is 2.88. The van der Waals surface area contributed by atoms with Crippen LogP contribution in [0.25, 0.3) is 0 Å². The Labute approximate surface area is 258 Å². The summed E-state index contributed by atoms with van der Waals surface area (Å²) >= 11 is 0. The highest BCUT2D eigenvalue weighted by Crippen LogP contribution is 2.69. The molecule has 34 heteroatoms. The minimum atomic E-state index is -9.99. The van der Waals surface area contributed by atoms with Gasteiger partial charge in [-0.25, -0.2) is 4.57 Å². The summed E-state index contributed by atoms with van der Waals surface area (Å²) in [4.78, 5) is 16.4. The maximum atomic E-state index is 13.8. The lowest BCUT2D eigenvalue weighted by molar-refractivity contribution is -0.487. The van der Waals surface area contributed by atoms with Crippen LogP contribution in [0.1, 0.15) is 12.8 Å². The van der Waals surface area contributed by atoms with E-state index < -0.39 is 110 Å². The van der Waals surface area contributed by atoms with Crippen LogP contribution in [-0.2, 0) is 9.09 Å². The highest BCUT2D eigenvalue weighted by Gasteiger charge is 3.00. The molecule has 0 aliphatic rings. The number of phosphoric ester groups is 1. The van der Waals surface area contributed by atoms with E-state index in [4.69, 9.17) is 9.79 Å². The number of phosphoric acid groups is 1. The van der Waals surface area contributed by atoms with Crippen LogP contribution in [0, 0.1) is 0 Å². The molecule has 0 fully saturated rings. The molecule has 308 valence electrons. The first kappa shape index (κ1) is 49.1. The molecular weight excluding hydrogens is 850 g/mol. The maximum absolute atomic E-state index is 13.8. The Morgan fingerprint density at radius 2 is 0.549 bits per heavy atom. The SMILES string of the molecule is O=P(O)(O)OCCCC(F)(F)C(F)(F)C(F)(F)C(F)(F)C(F)(F)C(F)(F)C(F)(F)C(F)(F)C(F)(F)C(F)(F)C(F)(F)C(F)(F)C(F)(F)C(F)(F)F. The van der Waals surface area contributed by atoms with Crippen molar-refractivity contribution < 1.29 is 146 Å². The van der Waals surface area contributed by atoms with Gasteiger partial charge in [-0.1, -0.05) is 0 Å². The highest BCUT2D eigenvalue weighted by atomic mass is 31.2. The van der Waals surface area contributed by atoms with Gasteiger partial charge in [0, 0.05) is 6.42 Å². The van der Waals surface area contributed by atoms with Crippen LogP contribution in [0.2, 0.25) is 0 Å². The van der Waals surface area contributed by atoms with Gasteiger partial charge < -0.3 is 9.79 Å². The second-order valence-electron chi connectivity index (χ2n) is 9.52. The van der Waals surface area contributed by atoms with Crippen molar-refractivity contribution in [1.82, 2.24) is 0 Å². The van der Waals surface area contributed by atoms with E-state index in [2.05, 4.69) is 4.52 Å². The largest absolute Gasteiger partial charge is 0.469 e. The van der Waals surface area contributed by atoms with Gasteiger partial charge in [0.05, 0.1) is 6.61 Å². The zero-order valence-electron chi connectivity index (χ0n) is 22.2. The van der Waals surface area contributed by atoms with E-state index in [9.17, 15) is 132 Å². The monoisotopic (exact) mass is 858 g/mol. The van der Waals surface area contributed by atoms with Crippen molar-refractivity contribution in [3.8, 4) is 0 Å². The second-order valence-corrected chi connectivity index (χ2v) is 10.8. The third kappa shape index (κ3) is 6.63. The molecule has 4 nitrogen and oxygen atoms in total. The molecule has 0 unspecified atom stereocenters. The molecule has 0 aromatic carbocycles. The quantitative estimate of drug-likeness (QED) is 0.0870. The van der Waals surface area contributed by atoms with Gasteiger partial charge in [-0.05, 0) is 6.42 Å². The van der Waals surface area contributed by atoms with Crippen molar-refractivity contribution in [3.63, 3.8) is 0 Å². The molecule has 0 atom stereocenters. The van der Waals surface area contributed by atoms with Crippen molar-refractivity contribution in [1.29, 1.82) is 0 Å². The Hall–Kier alpha value is -1.92. The third-order valence-electron chi connectivity index (χ3n) is 6.05. The fraction of sp³-hybridized carbons (Fsp3) is 1.00. The van der Waals surface area contributed by atoms with Crippen LogP contribution in [-0.4, -0.2) is 99.6 Å². The summed E-state index contributed by atoms with van der Waals surface area (Å²) in [6, 6.07) is 0. The van der Waals surface area contributed by atoms with Gasteiger partial charge in [-0.3, -0.25) is 4.52 Å². The summed E-state index contributed by atoms with van der Waals surface area (Å²) in [5.41, 5.74) is 0. The first-order valence-corrected chi connectivity index (χ1v) is 12.7. The predicted molar refractivity (Wildman–Crippen MR) is 97.6 cm³/mol. The van der Waals surface area contributed by atoms with Crippen molar-refractivity contribution >= 4 is 7.82 Å². The smallest absolute Gasteiger partial charge is 0.303 e. The molecule has 2 N–H and O–H groups in total. The van der Waals surface area contributed by atoms with Gasteiger partial charge >= 0.3 is 91.0 Å². The molecule has 0 saturated carbocycles. The summed E-state index contributed by atoms with van der Waals surface area (Å²) in [6.45, 7) is -1.97. The van der Waals surface area contributed by atoms with E-state index in [1.807, 2.05) is 0 Å². The number of halogens is 29. The minimum absolute atomic E-state index is 1.97. The van der Waals surface area contributed by atoms with Gasteiger partial charge in [0.15, 0.2) is 0 Å².